The standard InChI is InChI=1S/C17H14O5.C15H14O5/c1-3-22-17(20)14-15(18)12-7-9-4-5-11(21-2)6-10(9)8-13(12)16(14)19;1-18-11-5-4-9-7-12(14(16)19-2)13(15(17)20-3)8-10(9)6-11/h4-8,14H,3H2,1-2H3;4-8H,1-3H3. The van der Waals surface area contributed by atoms with E-state index in [2.05, 4.69) is 0 Å². The van der Waals surface area contributed by atoms with Crippen molar-refractivity contribution in [3.8, 4) is 11.5 Å². The maximum atomic E-state index is 12.4. The van der Waals surface area contributed by atoms with Gasteiger partial charge in [0.05, 0.1) is 46.2 Å². The van der Waals surface area contributed by atoms with Gasteiger partial charge in [-0.2, -0.15) is 0 Å². The summed E-state index contributed by atoms with van der Waals surface area (Å²) >= 11 is 0. The number of Topliss-reactive ketones (excluding diaryl/α,β-unsaturated/α-hetero) is 2. The van der Waals surface area contributed by atoms with E-state index in [1.165, 1.54) is 14.2 Å². The van der Waals surface area contributed by atoms with Crippen molar-refractivity contribution in [1.82, 2.24) is 0 Å². The van der Waals surface area contributed by atoms with Crippen LogP contribution in [0.4, 0.5) is 0 Å². The molecule has 1 aliphatic rings. The first-order valence-corrected chi connectivity index (χ1v) is 12.8. The molecule has 0 heterocycles. The maximum absolute atomic E-state index is 12.4. The third-order valence-electron chi connectivity index (χ3n) is 6.76. The van der Waals surface area contributed by atoms with Crippen LogP contribution in [0.3, 0.4) is 0 Å². The normalized spacial score (nSPS) is 13.6. The number of fused-ring (bicyclic) bond motifs is 3. The number of carbonyl (C=O) groups is 5. The summed E-state index contributed by atoms with van der Waals surface area (Å²) in [7, 11) is 5.64. The first-order chi connectivity index (χ1) is 20.2. The summed E-state index contributed by atoms with van der Waals surface area (Å²) in [6, 6.07) is 17.2. The van der Waals surface area contributed by atoms with Gasteiger partial charge >= 0.3 is 17.9 Å². The van der Waals surface area contributed by atoms with Gasteiger partial charge in [0, 0.05) is 11.1 Å². The lowest BCUT2D eigenvalue weighted by Gasteiger charge is -2.09. The van der Waals surface area contributed by atoms with Crippen molar-refractivity contribution in [3.05, 3.63) is 82.9 Å². The van der Waals surface area contributed by atoms with Crippen LogP contribution in [0.1, 0.15) is 48.4 Å². The lowest BCUT2D eigenvalue weighted by molar-refractivity contribution is -0.144. The fraction of sp³-hybridized carbons (Fsp3) is 0.219. The molecule has 0 N–H and O–H groups in total. The van der Waals surface area contributed by atoms with Crippen LogP contribution in [0.5, 0.6) is 11.5 Å². The number of esters is 3. The number of hydrogen-bond donors (Lipinski definition) is 0. The van der Waals surface area contributed by atoms with Gasteiger partial charge in [-0.15, -0.1) is 0 Å². The molecule has 1 aliphatic carbocycles. The molecule has 0 saturated carbocycles. The van der Waals surface area contributed by atoms with Crippen LogP contribution >= 0.6 is 0 Å². The number of carbonyl (C=O) groups excluding carboxylic acids is 5. The predicted molar refractivity (Wildman–Crippen MR) is 152 cm³/mol. The van der Waals surface area contributed by atoms with E-state index in [4.69, 9.17) is 23.7 Å². The van der Waals surface area contributed by atoms with Gasteiger partial charge in [-0.05, 0) is 77.0 Å². The van der Waals surface area contributed by atoms with Crippen LogP contribution in [0.2, 0.25) is 0 Å². The molecular weight excluding hydrogens is 544 g/mol. The topological polar surface area (TPSA) is 132 Å². The molecule has 42 heavy (non-hydrogen) atoms. The molecular formula is C32H28O10. The second kappa shape index (κ2) is 12.5. The van der Waals surface area contributed by atoms with E-state index in [0.717, 1.165) is 21.5 Å². The van der Waals surface area contributed by atoms with Gasteiger partial charge in [0.1, 0.15) is 11.5 Å². The van der Waals surface area contributed by atoms with Crippen LogP contribution in [0.15, 0.2) is 60.7 Å². The van der Waals surface area contributed by atoms with Gasteiger partial charge < -0.3 is 23.7 Å². The van der Waals surface area contributed by atoms with E-state index in [9.17, 15) is 24.0 Å². The highest BCUT2D eigenvalue weighted by Crippen LogP contribution is 2.33. The summed E-state index contributed by atoms with van der Waals surface area (Å²) in [5.74, 6) is -2.98. The Morgan fingerprint density at radius 3 is 1.50 bits per heavy atom. The van der Waals surface area contributed by atoms with Gasteiger partial charge in [0.2, 0.25) is 0 Å². The van der Waals surface area contributed by atoms with Gasteiger partial charge in [0.25, 0.3) is 0 Å². The molecule has 0 radical (unpaired) electrons. The molecule has 0 aromatic heterocycles. The Labute approximate surface area is 241 Å². The van der Waals surface area contributed by atoms with Crippen molar-refractivity contribution in [1.29, 1.82) is 0 Å². The summed E-state index contributed by atoms with van der Waals surface area (Å²) < 4.78 is 24.5. The van der Waals surface area contributed by atoms with E-state index in [1.807, 2.05) is 12.1 Å². The molecule has 0 bridgehead atoms. The minimum absolute atomic E-state index is 0.130. The molecule has 0 aliphatic heterocycles. The quantitative estimate of drug-likeness (QED) is 0.180. The molecule has 0 saturated heterocycles. The van der Waals surface area contributed by atoms with Crippen LogP contribution < -0.4 is 9.47 Å². The average molecular weight is 573 g/mol. The molecule has 10 heteroatoms. The maximum Gasteiger partial charge on any atom is 0.338 e. The van der Waals surface area contributed by atoms with Crippen LogP contribution in [-0.4, -0.2) is 64.5 Å². The number of hydrogen-bond acceptors (Lipinski definition) is 10. The molecule has 0 fully saturated rings. The lowest BCUT2D eigenvalue weighted by atomic mass is 10.0. The SMILES string of the molecule is CCOC(=O)C1C(=O)c2cc3ccc(OC)cc3cc2C1=O.COC(=O)c1cc2ccc(OC)cc2cc1C(=O)OC. The van der Waals surface area contributed by atoms with Crippen LogP contribution in [0, 0.1) is 5.92 Å². The number of ether oxygens (including phenoxy) is 5. The van der Waals surface area contributed by atoms with Crippen molar-refractivity contribution in [3.63, 3.8) is 0 Å². The summed E-state index contributed by atoms with van der Waals surface area (Å²) in [5.41, 5.74) is 0.890. The van der Waals surface area contributed by atoms with E-state index in [1.54, 1.807) is 69.7 Å². The van der Waals surface area contributed by atoms with Crippen LogP contribution in [-0.2, 0) is 19.0 Å². The highest BCUT2D eigenvalue weighted by atomic mass is 16.5. The Balaban J connectivity index is 0.000000194. The fourth-order valence-corrected chi connectivity index (χ4v) is 4.64. The van der Waals surface area contributed by atoms with Crippen molar-refractivity contribution < 1.29 is 47.7 Å². The monoisotopic (exact) mass is 572 g/mol. The number of ketones is 2. The zero-order valence-electron chi connectivity index (χ0n) is 23.6. The molecule has 0 spiro atoms. The minimum Gasteiger partial charge on any atom is -0.497 e. The summed E-state index contributed by atoms with van der Waals surface area (Å²) in [6.07, 6.45) is 0. The number of benzene rings is 4. The zero-order chi connectivity index (χ0) is 30.6. The molecule has 4 aromatic rings. The smallest absolute Gasteiger partial charge is 0.338 e. The highest BCUT2D eigenvalue weighted by molar-refractivity contribution is 6.35. The highest BCUT2D eigenvalue weighted by Gasteiger charge is 2.44. The fourth-order valence-electron chi connectivity index (χ4n) is 4.64. The Morgan fingerprint density at radius 1 is 0.619 bits per heavy atom. The number of rotatable bonds is 6. The molecule has 0 amide bonds. The first kappa shape index (κ1) is 29.7. The van der Waals surface area contributed by atoms with Gasteiger partial charge in [-0.1, -0.05) is 12.1 Å². The average Bonchev–Trinajstić information content (AvgIpc) is 3.26. The van der Waals surface area contributed by atoms with E-state index in [0.29, 0.717) is 11.5 Å². The minimum atomic E-state index is -1.37. The van der Waals surface area contributed by atoms with Crippen molar-refractivity contribution in [2.24, 2.45) is 5.92 Å². The first-order valence-electron chi connectivity index (χ1n) is 12.8. The second-order valence-corrected chi connectivity index (χ2v) is 9.12. The van der Waals surface area contributed by atoms with Gasteiger partial charge in [0.15, 0.2) is 17.5 Å². The second-order valence-electron chi connectivity index (χ2n) is 9.12. The van der Waals surface area contributed by atoms with E-state index >= 15 is 0 Å². The molecule has 4 aromatic carbocycles. The largest absolute Gasteiger partial charge is 0.497 e. The molecule has 5 rings (SSSR count). The Hall–Kier alpha value is -5.25. The Morgan fingerprint density at radius 2 is 1.05 bits per heavy atom. The van der Waals surface area contributed by atoms with Crippen molar-refractivity contribution in [2.75, 3.05) is 35.0 Å². The summed E-state index contributed by atoms with van der Waals surface area (Å²) in [6.45, 7) is 1.76. The summed E-state index contributed by atoms with van der Waals surface area (Å²) in [5, 5.41) is 3.17. The lowest BCUT2D eigenvalue weighted by Crippen LogP contribution is -2.27. The molecule has 1 unspecified atom stereocenters. The van der Waals surface area contributed by atoms with Gasteiger partial charge in [-0.3, -0.25) is 14.4 Å². The molecule has 10 nitrogen and oxygen atoms in total. The third-order valence-corrected chi connectivity index (χ3v) is 6.76. The Kier molecular flexibility index (Phi) is 8.85. The zero-order valence-corrected chi connectivity index (χ0v) is 23.6. The van der Waals surface area contributed by atoms with Gasteiger partial charge in [-0.25, -0.2) is 9.59 Å². The predicted octanol–water partition coefficient (Wildman–Crippen LogP) is 4.83. The van der Waals surface area contributed by atoms with Crippen molar-refractivity contribution >= 4 is 51.0 Å². The van der Waals surface area contributed by atoms with Crippen molar-refractivity contribution in [2.45, 2.75) is 6.92 Å². The molecule has 216 valence electrons. The third kappa shape index (κ3) is 5.64. The van der Waals surface area contributed by atoms with E-state index < -0.39 is 35.4 Å². The summed E-state index contributed by atoms with van der Waals surface area (Å²) in [4.78, 5) is 60.1. The number of methoxy groups -OCH3 is 4. The molecule has 1 atom stereocenters. The Bertz CT molecular complexity index is 1740. The van der Waals surface area contributed by atoms with E-state index in [-0.39, 0.29) is 28.9 Å². The van der Waals surface area contributed by atoms with Crippen LogP contribution in [0.25, 0.3) is 21.5 Å².